The van der Waals surface area contributed by atoms with Gasteiger partial charge in [0.05, 0.1) is 20.1 Å². The van der Waals surface area contributed by atoms with E-state index in [0.29, 0.717) is 41.7 Å². The molecule has 1 aromatic carbocycles. The molecular formula is C24H32N3O5+. The molecular weight excluding hydrogens is 410 g/mol. The Morgan fingerprint density at radius 2 is 1.81 bits per heavy atom. The highest BCUT2D eigenvalue weighted by Crippen LogP contribution is 2.42. The molecule has 0 spiro atoms. The van der Waals surface area contributed by atoms with Crippen LogP contribution >= 0.6 is 0 Å². The highest BCUT2D eigenvalue weighted by Gasteiger charge is 2.50. The lowest BCUT2D eigenvalue weighted by Crippen LogP contribution is -2.57. The molecule has 2 aromatic rings. The number of ether oxygens (including phenoxy) is 1. The molecule has 2 unspecified atom stereocenters. The zero-order valence-corrected chi connectivity index (χ0v) is 18.5. The number of nitrogens with zero attached hydrogens (tertiary/aromatic N) is 2. The van der Waals surface area contributed by atoms with Crippen molar-refractivity contribution in [3.63, 3.8) is 0 Å². The maximum atomic E-state index is 13.3. The number of likely N-dealkylation sites (tertiary alicyclic amines) is 1. The summed E-state index contributed by atoms with van der Waals surface area (Å²) >= 11 is 0. The van der Waals surface area contributed by atoms with Crippen LogP contribution in [0.25, 0.3) is 0 Å². The zero-order valence-electron chi connectivity index (χ0n) is 18.5. The molecule has 1 saturated carbocycles. The van der Waals surface area contributed by atoms with Crippen molar-refractivity contribution in [2.45, 2.75) is 56.3 Å². The van der Waals surface area contributed by atoms with Crippen LogP contribution in [-0.4, -0.2) is 52.9 Å². The number of aliphatic hydroxyl groups is 1. The van der Waals surface area contributed by atoms with Gasteiger partial charge in [-0.3, -0.25) is 4.79 Å². The minimum atomic E-state index is -1.64. The maximum Gasteiger partial charge on any atom is 0.343 e. The fraction of sp³-hybridized carbons (Fsp3) is 0.542. The second-order valence-electron chi connectivity index (χ2n) is 9.37. The number of piperidine rings is 1. The van der Waals surface area contributed by atoms with Gasteiger partial charge in [0.2, 0.25) is 6.04 Å². The van der Waals surface area contributed by atoms with Crippen LogP contribution < -0.4 is 5.73 Å². The number of nitrogens with two attached hydrogens (primary N) is 1. The average Bonchev–Trinajstić information content (AvgIpc) is 3.50. The van der Waals surface area contributed by atoms with E-state index in [2.05, 4.69) is 5.16 Å². The minimum Gasteiger partial charge on any atom is -0.460 e. The fourth-order valence-corrected chi connectivity index (χ4v) is 5.44. The third-order valence-corrected chi connectivity index (χ3v) is 7.30. The first-order valence-corrected chi connectivity index (χ1v) is 11.4. The first-order valence-electron chi connectivity index (χ1n) is 11.4. The summed E-state index contributed by atoms with van der Waals surface area (Å²) in [5.74, 6) is -1.18. The van der Waals surface area contributed by atoms with Gasteiger partial charge in [-0.05, 0) is 18.4 Å². The van der Waals surface area contributed by atoms with E-state index in [1.165, 1.54) is 6.26 Å². The van der Waals surface area contributed by atoms with Crippen molar-refractivity contribution in [1.82, 2.24) is 5.16 Å². The number of quaternary nitrogens is 1. The monoisotopic (exact) mass is 442 g/mol. The first kappa shape index (κ1) is 22.5. The van der Waals surface area contributed by atoms with Crippen molar-refractivity contribution < 1.29 is 28.4 Å². The third-order valence-electron chi connectivity index (χ3n) is 7.30. The highest BCUT2D eigenvalue weighted by molar-refractivity contribution is 5.82. The molecule has 1 aliphatic carbocycles. The van der Waals surface area contributed by atoms with Gasteiger partial charge in [0, 0.05) is 24.8 Å². The van der Waals surface area contributed by atoms with Crippen LogP contribution in [0.5, 0.6) is 0 Å². The largest absolute Gasteiger partial charge is 0.460 e. The lowest BCUT2D eigenvalue weighted by atomic mass is 9.80. The number of hydrogen-bond donors (Lipinski definition) is 2. The van der Waals surface area contributed by atoms with Crippen molar-refractivity contribution in [3.8, 4) is 0 Å². The van der Waals surface area contributed by atoms with E-state index in [1.54, 1.807) is 18.2 Å². The standard InChI is InChI=1S/C24H31N3O5/c1-27(21(22(25)28)20-13-16-31-26-20)14-11-19(12-15-27)32-23(29)24(30,18-9-5-6-10-18)17-7-3-2-4-8-17/h2-4,7-8,13,16,18-19,21,30H,5-6,9-12,14-15H2,1H3,(H-,25,28)/p+1. The predicted molar refractivity (Wildman–Crippen MR) is 116 cm³/mol. The Morgan fingerprint density at radius 1 is 1.16 bits per heavy atom. The van der Waals surface area contributed by atoms with Gasteiger partial charge < -0.3 is 24.6 Å². The molecule has 8 nitrogen and oxygen atoms in total. The van der Waals surface area contributed by atoms with E-state index < -0.39 is 23.5 Å². The summed E-state index contributed by atoms with van der Waals surface area (Å²) in [4.78, 5) is 25.5. The van der Waals surface area contributed by atoms with E-state index in [1.807, 2.05) is 25.2 Å². The Bertz CT molecular complexity index is 918. The summed E-state index contributed by atoms with van der Waals surface area (Å²) in [7, 11) is 1.96. The molecule has 1 amide bonds. The number of carbonyl (C=O) groups is 2. The minimum absolute atomic E-state index is 0.145. The summed E-state index contributed by atoms with van der Waals surface area (Å²) in [5, 5.41) is 15.5. The van der Waals surface area contributed by atoms with Crippen LogP contribution in [-0.2, 0) is 19.9 Å². The van der Waals surface area contributed by atoms with Gasteiger partial charge in [-0.25, -0.2) is 4.79 Å². The van der Waals surface area contributed by atoms with E-state index in [9.17, 15) is 14.7 Å². The van der Waals surface area contributed by atoms with Crippen LogP contribution in [0.15, 0.2) is 47.2 Å². The Morgan fingerprint density at radius 3 is 2.38 bits per heavy atom. The van der Waals surface area contributed by atoms with Crippen molar-refractivity contribution in [2.75, 3.05) is 20.1 Å². The Labute approximate surface area is 187 Å². The number of carbonyl (C=O) groups excluding carboxylic acids is 2. The molecule has 2 fully saturated rings. The maximum absolute atomic E-state index is 13.3. The van der Waals surface area contributed by atoms with Crippen molar-refractivity contribution >= 4 is 11.9 Å². The first-order chi connectivity index (χ1) is 15.3. The van der Waals surface area contributed by atoms with Crippen LogP contribution in [0, 0.1) is 5.92 Å². The van der Waals surface area contributed by atoms with E-state index in [0.717, 1.165) is 25.7 Å². The van der Waals surface area contributed by atoms with Crippen molar-refractivity contribution in [2.24, 2.45) is 11.7 Å². The Balaban J connectivity index is 1.47. The smallest absolute Gasteiger partial charge is 0.343 e. The van der Waals surface area contributed by atoms with E-state index in [-0.39, 0.29) is 12.0 Å². The normalized spacial score (nSPS) is 26.9. The van der Waals surface area contributed by atoms with Crippen LogP contribution in [0.3, 0.4) is 0 Å². The summed E-state index contributed by atoms with van der Waals surface area (Å²) in [5.41, 5.74) is 5.16. The molecule has 2 aliphatic rings. The lowest BCUT2D eigenvalue weighted by Gasteiger charge is -2.44. The number of hydrogen-bond acceptors (Lipinski definition) is 6. The zero-order chi connectivity index (χ0) is 22.8. The molecule has 0 bridgehead atoms. The quantitative estimate of drug-likeness (QED) is 0.503. The molecule has 1 saturated heterocycles. The summed E-state index contributed by atoms with van der Waals surface area (Å²) in [6.07, 6.45) is 5.86. The van der Waals surface area contributed by atoms with Gasteiger partial charge in [-0.2, -0.15) is 0 Å². The summed E-state index contributed by atoms with van der Waals surface area (Å²) in [6.45, 7) is 1.18. The molecule has 3 N–H and O–H groups in total. The number of benzene rings is 1. The Kier molecular flexibility index (Phi) is 6.35. The number of likely N-dealkylation sites (N-methyl/N-ethyl adjacent to an activating group) is 1. The second kappa shape index (κ2) is 9.03. The van der Waals surface area contributed by atoms with E-state index >= 15 is 0 Å². The van der Waals surface area contributed by atoms with Crippen LogP contribution in [0.2, 0.25) is 0 Å². The topological polar surface area (TPSA) is 116 Å². The average molecular weight is 443 g/mol. The van der Waals surface area contributed by atoms with Crippen molar-refractivity contribution in [1.29, 1.82) is 0 Å². The van der Waals surface area contributed by atoms with Crippen LogP contribution in [0.1, 0.15) is 55.8 Å². The molecule has 1 aromatic heterocycles. The molecule has 4 rings (SSSR count). The van der Waals surface area contributed by atoms with Crippen molar-refractivity contribution in [3.05, 3.63) is 53.9 Å². The lowest BCUT2D eigenvalue weighted by molar-refractivity contribution is -0.935. The van der Waals surface area contributed by atoms with Gasteiger partial charge >= 0.3 is 5.97 Å². The summed E-state index contributed by atoms with van der Waals surface area (Å²) < 4.78 is 11.2. The number of esters is 1. The van der Waals surface area contributed by atoms with Gasteiger partial charge in [-0.1, -0.05) is 48.3 Å². The summed E-state index contributed by atoms with van der Waals surface area (Å²) in [6, 6.07) is 10.2. The fourth-order valence-electron chi connectivity index (χ4n) is 5.44. The third kappa shape index (κ3) is 4.17. The molecule has 2 atom stereocenters. The molecule has 2 heterocycles. The number of rotatable bonds is 7. The highest BCUT2D eigenvalue weighted by atomic mass is 16.6. The van der Waals surface area contributed by atoms with Gasteiger partial charge in [0.1, 0.15) is 12.4 Å². The SMILES string of the molecule is C[N+]1(C(C(N)=O)c2ccon2)CCC(OC(=O)C(O)(c2ccccc2)C2CCCC2)CC1. The molecule has 8 heteroatoms. The Hall–Kier alpha value is -2.71. The van der Waals surface area contributed by atoms with Gasteiger partial charge in [0.25, 0.3) is 5.91 Å². The molecule has 172 valence electrons. The molecule has 32 heavy (non-hydrogen) atoms. The van der Waals surface area contributed by atoms with Crippen LogP contribution in [0.4, 0.5) is 0 Å². The van der Waals surface area contributed by atoms with Gasteiger partial charge in [0.15, 0.2) is 11.3 Å². The second-order valence-corrected chi connectivity index (χ2v) is 9.37. The predicted octanol–water partition coefficient (Wildman–Crippen LogP) is 2.43. The van der Waals surface area contributed by atoms with E-state index in [4.69, 9.17) is 15.0 Å². The molecule has 1 aliphatic heterocycles. The number of amides is 1. The number of primary amides is 1. The number of aromatic nitrogens is 1. The van der Waals surface area contributed by atoms with Gasteiger partial charge in [-0.15, -0.1) is 0 Å². The molecule has 0 radical (unpaired) electrons.